The summed E-state index contributed by atoms with van der Waals surface area (Å²) in [4.78, 5) is 24.4. The Kier molecular flexibility index (Phi) is 6.45. The van der Waals surface area contributed by atoms with E-state index in [0.717, 1.165) is 31.1 Å². The van der Waals surface area contributed by atoms with E-state index in [-0.39, 0.29) is 42.1 Å². The standard InChI is InChI=1S/C22H30N4O4/c1-22(2,3)30-19(27)12-25-15-5-7-16(8-6-15)26-21(28)18-11-14-10-13(20(23)24)4-9-17(14)29-18/h4,9-11,15-16,25H,5-8,12H2,1-3H3,(H3,23,24)(H,26,28). The van der Waals surface area contributed by atoms with Gasteiger partial charge >= 0.3 is 5.97 Å². The summed E-state index contributed by atoms with van der Waals surface area (Å²) in [5.74, 6) is -0.284. The fourth-order valence-electron chi connectivity index (χ4n) is 3.63. The van der Waals surface area contributed by atoms with Crippen LogP contribution in [0.15, 0.2) is 28.7 Å². The van der Waals surface area contributed by atoms with Crippen LogP contribution >= 0.6 is 0 Å². The molecule has 0 saturated heterocycles. The number of rotatable bonds is 6. The molecule has 0 unspecified atom stereocenters. The van der Waals surface area contributed by atoms with E-state index in [0.29, 0.717) is 11.1 Å². The molecule has 162 valence electrons. The number of esters is 1. The molecule has 0 aliphatic heterocycles. The Morgan fingerprint density at radius 2 is 1.83 bits per heavy atom. The quantitative estimate of drug-likeness (QED) is 0.327. The lowest BCUT2D eigenvalue weighted by atomic mass is 9.91. The number of furan rings is 1. The summed E-state index contributed by atoms with van der Waals surface area (Å²) in [6, 6.07) is 7.12. The molecule has 1 aliphatic rings. The number of nitrogen functional groups attached to an aromatic ring is 1. The smallest absolute Gasteiger partial charge is 0.320 e. The first-order valence-corrected chi connectivity index (χ1v) is 10.2. The molecule has 1 heterocycles. The normalized spacial score (nSPS) is 19.4. The Labute approximate surface area is 176 Å². The third-order valence-corrected chi connectivity index (χ3v) is 5.07. The number of nitrogens with one attached hydrogen (secondary N) is 3. The van der Waals surface area contributed by atoms with E-state index in [9.17, 15) is 9.59 Å². The van der Waals surface area contributed by atoms with Crippen molar-refractivity contribution >= 4 is 28.7 Å². The largest absolute Gasteiger partial charge is 0.459 e. The molecule has 2 aromatic rings. The highest BCUT2D eigenvalue weighted by Gasteiger charge is 2.25. The highest BCUT2D eigenvalue weighted by Crippen LogP contribution is 2.23. The van der Waals surface area contributed by atoms with Crippen molar-refractivity contribution in [3.05, 3.63) is 35.6 Å². The van der Waals surface area contributed by atoms with Crippen molar-refractivity contribution in [1.82, 2.24) is 10.6 Å². The van der Waals surface area contributed by atoms with Gasteiger partial charge in [-0.3, -0.25) is 15.0 Å². The van der Waals surface area contributed by atoms with Crippen LogP contribution < -0.4 is 16.4 Å². The van der Waals surface area contributed by atoms with Gasteiger partial charge in [0, 0.05) is 23.0 Å². The summed E-state index contributed by atoms with van der Waals surface area (Å²) in [5, 5.41) is 14.5. The van der Waals surface area contributed by atoms with Crippen molar-refractivity contribution in [2.24, 2.45) is 5.73 Å². The summed E-state index contributed by atoms with van der Waals surface area (Å²) in [5.41, 5.74) is 6.21. The Hall–Kier alpha value is -2.87. The zero-order valence-electron chi connectivity index (χ0n) is 17.7. The van der Waals surface area contributed by atoms with Gasteiger partial charge < -0.3 is 25.5 Å². The molecule has 1 saturated carbocycles. The number of amides is 1. The van der Waals surface area contributed by atoms with Crippen LogP contribution in [0.5, 0.6) is 0 Å². The molecule has 1 amide bonds. The minimum atomic E-state index is -0.481. The van der Waals surface area contributed by atoms with Gasteiger partial charge in [-0.15, -0.1) is 0 Å². The minimum Gasteiger partial charge on any atom is -0.459 e. The van der Waals surface area contributed by atoms with Crippen molar-refractivity contribution < 1.29 is 18.7 Å². The topological polar surface area (TPSA) is 130 Å². The lowest BCUT2D eigenvalue weighted by molar-refractivity contribution is -0.153. The van der Waals surface area contributed by atoms with E-state index < -0.39 is 5.60 Å². The second kappa shape index (κ2) is 8.87. The molecule has 3 rings (SSSR count). The molecule has 30 heavy (non-hydrogen) atoms. The van der Waals surface area contributed by atoms with Gasteiger partial charge in [-0.05, 0) is 70.7 Å². The zero-order valence-corrected chi connectivity index (χ0v) is 17.7. The molecular formula is C22H30N4O4. The van der Waals surface area contributed by atoms with Gasteiger partial charge in [0.2, 0.25) is 0 Å². The van der Waals surface area contributed by atoms with E-state index >= 15 is 0 Å². The number of fused-ring (bicyclic) bond motifs is 1. The Balaban J connectivity index is 1.48. The van der Waals surface area contributed by atoms with E-state index in [4.69, 9.17) is 20.3 Å². The molecule has 1 aliphatic carbocycles. The van der Waals surface area contributed by atoms with Gasteiger partial charge in [0.25, 0.3) is 5.91 Å². The van der Waals surface area contributed by atoms with Crippen LogP contribution in [-0.2, 0) is 9.53 Å². The Morgan fingerprint density at radius 1 is 1.17 bits per heavy atom. The average molecular weight is 415 g/mol. The van der Waals surface area contributed by atoms with Crippen molar-refractivity contribution in [2.75, 3.05) is 6.54 Å². The predicted molar refractivity (Wildman–Crippen MR) is 115 cm³/mol. The molecule has 1 aromatic carbocycles. The fraction of sp³-hybridized carbons (Fsp3) is 0.500. The highest BCUT2D eigenvalue weighted by atomic mass is 16.6. The average Bonchev–Trinajstić information content (AvgIpc) is 3.09. The van der Waals surface area contributed by atoms with Crippen molar-refractivity contribution in [1.29, 1.82) is 5.41 Å². The van der Waals surface area contributed by atoms with Crippen molar-refractivity contribution in [3.8, 4) is 0 Å². The number of benzene rings is 1. The van der Waals surface area contributed by atoms with Crippen molar-refractivity contribution in [2.45, 2.75) is 64.1 Å². The van der Waals surface area contributed by atoms with Gasteiger partial charge in [0.15, 0.2) is 5.76 Å². The molecule has 0 atom stereocenters. The Morgan fingerprint density at radius 3 is 2.47 bits per heavy atom. The SMILES string of the molecule is CC(C)(C)OC(=O)CNC1CCC(NC(=O)c2cc3cc(C(=N)N)ccc3o2)CC1. The third kappa shape index (κ3) is 5.82. The van der Waals surface area contributed by atoms with E-state index in [1.807, 2.05) is 20.8 Å². The summed E-state index contributed by atoms with van der Waals surface area (Å²) in [7, 11) is 0. The molecular weight excluding hydrogens is 384 g/mol. The van der Waals surface area contributed by atoms with Crippen molar-refractivity contribution in [3.63, 3.8) is 0 Å². The van der Waals surface area contributed by atoms with E-state index in [1.54, 1.807) is 24.3 Å². The molecule has 5 N–H and O–H groups in total. The third-order valence-electron chi connectivity index (χ3n) is 5.07. The predicted octanol–water partition coefficient (Wildman–Crippen LogP) is 2.69. The molecule has 1 aromatic heterocycles. The number of amidine groups is 1. The summed E-state index contributed by atoms with van der Waals surface area (Å²) in [6.07, 6.45) is 3.39. The van der Waals surface area contributed by atoms with Gasteiger partial charge in [-0.2, -0.15) is 0 Å². The first-order valence-electron chi connectivity index (χ1n) is 10.2. The maximum absolute atomic E-state index is 12.6. The van der Waals surface area contributed by atoms with Gasteiger partial charge in [0.05, 0.1) is 6.54 Å². The molecule has 1 fully saturated rings. The number of carbonyl (C=O) groups excluding carboxylic acids is 2. The molecule has 0 spiro atoms. The Bertz CT molecular complexity index is 936. The van der Waals surface area contributed by atoms with Gasteiger partial charge in [0.1, 0.15) is 17.0 Å². The van der Waals surface area contributed by atoms with Crippen LogP contribution in [-0.4, -0.2) is 41.9 Å². The summed E-state index contributed by atoms with van der Waals surface area (Å²) < 4.78 is 11.0. The first kappa shape index (κ1) is 21.8. The number of carbonyl (C=O) groups is 2. The van der Waals surface area contributed by atoms with Crippen LogP contribution in [0.25, 0.3) is 11.0 Å². The lowest BCUT2D eigenvalue weighted by Gasteiger charge is -2.29. The van der Waals surface area contributed by atoms with E-state index in [1.165, 1.54) is 0 Å². The van der Waals surface area contributed by atoms with Crippen LogP contribution in [0.2, 0.25) is 0 Å². The second-order valence-corrected chi connectivity index (χ2v) is 8.77. The first-order chi connectivity index (χ1) is 14.1. The molecule has 8 nitrogen and oxygen atoms in total. The molecule has 0 radical (unpaired) electrons. The lowest BCUT2D eigenvalue weighted by Crippen LogP contribution is -2.44. The highest BCUT2D eigenvalue weighted by molar-refractivity contribution is 6.00. The molecule has 8 heteroatoms. The maximum atomic E-state index is 12.6. The minimum absolute atomic E-state index is 0.0267. The summed E-state index contributed by atoms with van der Waals surface area (Å²) >= 11 is 0. The van der Waals surface area contributed by atoms with Crippen LogP contribution in [0.3, 0.4) is 0 Å². The fourth-order valence-corrected chi connectivity index (χ4v) is 3.63. The number of hydrogen-bond donors (Lipinski definition) is 4. The van der Waals surface area contributed by atoms with Crippen LogP contribution in [0, 0.1) is 5.41 Å². The molecule has 0 bridgehead atoms. The monoisotopic (exact) mass is 414 g/mol. The maximum Gasteiger partial charge on any atom is 0.320 e. The van der Waals surface area contributed by atoms with Crippen LogP contribution in [0.4, 0.5) is 0 Å². The van der Waals surface area contributed by atoms with Gasteiger partial charge in [-0.25, -0.2) is 0 Å². The zero-order chi connectivity index (χ0) is 21.9. The number of hydrogen-bond acceptors (Lipinski definition) is 6. The summed E-state index contributed by atoms with van der Waals surface area (Å²) in [6.45, 7) is 5.75. The number of nitrogens with two attached hydrogens (primary N) is 1. The second-order valence-electron chi connectivity index (χ2n) is 8.77. The van der Waals surface area contributed by atoms with Gasteiger partial charge in [-0.1, -0.05) is 0 Å². The van der Waals surface area contributed by atoms with Crippen LogP contribution in [0.1, 0.15) is 62.6 Å². The van der Waals surface area contributed by atoms with E-state index in [2.05, 4.69) is 10.6 Å². The number of ether oxygens (including phenoxy) is 1.